The summed E-state index contributed by atoms with van der Waals surface area (Å²) in [5.74, 6) is 1.06. The second-order valence-electron chi connectivity index (χ2n) is 3.91. The maximum Gasteiger partial charge on any atom is 0.238 e. The predicted octanol–water partition coefficient (Wildman–Crippen LogP) is 2.01. The molecule has 1 heterocycles. The highest BCUT2D eigenvalue weighted by atomic mass is 35.5. The van der Waals surface area contributed by atoms with E-state index in [4.69, 9.17) is 21.1 Å². The van der Waals surface area contributed by atoms with E-state index in [1.807, 2.05) is 6.92 Å². The number of ether oxygens (including phenoxy) is 2. The second kappa shape index (κ2) is 5.93. The van der Waals surface area contributed by atoms with Crippen LogP contribution >= 0.6 is 11.6 Å². The molecule has 0 unspecified atom stereocenters. The molecule has 0 aromatic heterocycles. The van der Waals surface area contributed by atoms with Gasteiger partial charge in [-0.2, -0.15) is 0 Å². The number of hydrogen-bond donors (Lipinski definition) is 2. The van der Waals surface area contributed by atoms with Crippen LogP contribution in [0.15, 0.2) is 12.1 Å². The van der Waals surface area contributed by atoms with Crippen LogP contribution in [0.4, 0.5) is 5.69 Å². The maximum atomic E-state index is 11.6. The number of fused-ring (bicyclic) bond motifs is 1. The Morgan fingerprint density at radius 3 is 2.83 bits per heavy atom. The summed E-state index contributed by atoms with van der Waals surface area (Å²) < 4.78 is 10.4. The van der Waals surface area contributed by atoms with Crippen molar-refractivity contribution in [1.82, 2.24) is 5.32 Å². The molecule has 0 fully saturated rings. The Hall–Kier alpha value is -1.46. The summed E-state index contributed by atoms with van der Waals surface area (Å²) in [6, 6.07) is 3.31. The number of halogens is 1. The molecule has 0 bridgehead atoms. The first-order valence-electron chi connectivity index (χ1n) is 5.80. The van der Waals surface area contributed by atoms with Gasteiger partial charge in [-0.25, -0.2) is 0 Å². The van der Waals surface area contributed by atoms with Crippen LogP contribution in [0.2, 0.25) is 5.02 Å². The average Bonchev–Trinajstić information content (AvgIpc) is 2.77. The minimum atomic E-state index is -0.135. The molecule has 1 aliphatic rings. The van der Waals surface area contributed by atoms with E-state index in [0.717, 1.165) is 13.0 Å². The van der Waals surface area contributed by atoms with Gasteiger partial charge in [-0.1, -0.05) is 18.5 Å². The van der Waals surface area contributed by atoms with Gasteiger partial charge < -0.3 is 20.1 Å². The highest BCUT2D eigenvalue weighted by molar-refractivity contribution is 6.34. The number of rotatable bonds is 5. The van der Waals surface area contributed by atoms with E-state index in [1.165, 1.54) is 0 Å². The van der Waals surface area contributed by atoms with Crippen molar-refractivity contribution in [1.29, 1.82) is 0 Å². The molecule has 0 spiro atoms. The average molecular weight is 271 g/mol. The topological polar surface area (TPSA) is 59.6 Å². The van der Waals surface area contributed by atoms with Gasteiger partial charge in [0.1, 0.15) is 0 Å². The zero-order chi connectivity index (χ0) is 13.0. The normalized spacial score (nSPS) is 12.6. The van der Waals surface area contributed by atoms with Gasteiger partial charge in [0.2, 0.25) is 12.7 Å². The number of hydrogen-bond acceptors (Lipinski definition) is 4. The van der Waals surface area contributed by atoms with E-state index >= 15 is 0 Å². The molecule has 1 aromatic rings. The standard InChI is InChI=1S/C12H15ClN2O3/c1-2-3-14-6-12(16)15-9-5-11-10(4-8(9)13)17-7-18-11/h4-5,14H,2-3,6-7H2,1H3,(H,15,16). The summed E-state index contributed by atoms with van der Waals surface area (Å²) >= 11 is 6.04. The van der Waals surface area contributed by atoms with Crippen LogP contribution in [0, 0.1) is 0 Å². The van der Waals surface area contributed by atoms with Crippen LogP contribution < -0.4 is 20.1 Å². The number of nitrogens with one attached hydrogen (secondary N) is 2. The van der Waals surface area contributed by atoms with E-state index in [0.29, 0.717) is 22.2 Å². The highest BCUT2D eigenvalue weighted by Gasteiger charge is 2.17. The van der Waals surface area contributed by atoms with Crippen molar-refractivity contribution in [2.75, 3.05) is 25.2 Å². The van der Waals surface area contributed by atoms with Crippen molar-refractivity contribution < 1.29 is 14.3 Å². The molecule has 0 saturated carbocycles. The molecule has 6 heteroatoms. The van der Waals surface area contributed by atoms with Crippen molar-refractivity contribution in [2.45, 2.75) is 13.3 Å². The molecular formula is C12H15ClN2O3. The summed E-state index contributed by atoms with van der Waals surface area (Å²) in [6.45, 7) is 3.29. The predicted molar refractivity (Wildman–Crippen MR) is 69.4 cm³/mol. The van der Waals surface area contributed by atoms with Gasteiger partial charge in [0, 0.05) is 12.1 Å². The molecule has 1 amide bonds. The molecule has 1 aliphatic heterocycles. The van der Waals surface area contributed by atoms with E-state index < -0.39 is 0 Å². The first-order chi connectivity index (χ1) is 8.70. The van der Waals surface area contributed by atoms with Crippen molar-refractivity contribution in [3.63, 3.8) is 0 Å². The maximum absolute atomic E-state index is 11.6. The quantitative estimate of drug-likeness (QED) is 0.804. The molecule has 2 rings (SSSR count). The first-order valence-corrected chi connectivity index (χ1v) is 6.18. The molecule has 5 nitrogen and oxygen atoms in total. The third-order valence-electron chi connectivity index (χ3n) is 2.45. The summed E-state index contributed by atoms with van der Waals surface area (Å²) in [7, 11) is 0. The lowest BCUT2D eigenvalue weighted by molar-refractivity contribution is -0.115. The summed E-state index contributed by atoms with van der Waals surface area (Å²) in [5, 5.41) is 6.18. The lowest BCUT2D eigenvalue weighted by Gasteiger charge is -2.08. The van der Waals surface area contributed by atoms with Gasteiger partial charge >= 0.3 is 0 Å². The Morgan fingerprint density at radius 1 is 1.39 bits per heavy atom. The van der Waals surface area contributed by atoms with Gasteiger partial charge in [0.15, 0.2) is 11.5 Å². The van der Waals surface area contributed by atoms with Crippen molar-refractivity contribution in [3.05, 3.63) is 17.2 Å². The Kier molecular flexibility index (Phi) is 4.28. The SMILES string of the molecule is CCCNCC(=O)Nc1cc2c(cc1Cl)OCO2. The van der Waals surface area contributed by atoms with Crippen molar-refractivity contribution in [2.24, 2.45) is 0 Å². The summed E-state index contributed by atoms with van der Waals surface area (Å²) in [6.07, 6.45) is 0.984. The third kappa shape index (κ3) is 3.05. The molecule has 0 radical (unpaired) electrons. The Balaban J connectivity index is 1.99. The summed E-state index contributed by atoms with van der Waals surface area (Å²) in [5.41, 5.74) is 0.532. The van der Waals surface area contributed by atoms with E-state index in [2.05, 4.69) is 10.6 Å². The summed E-state index contributed by atoms with van der Waals surface area (Å²) in [4.78, 5) is 11.6. The second-order valence-corrected chi connectivity index (χ2v) is 4.32. The number of amides is 1. The fraction of sp³-hybridized carbons (Fsp3) is 0.417. The van der Waals surface area contributed by atoms with Crippen molar-refractivity contribution in [3.8, 4) is 11.5 Å². The lowest BCUT2D eigenvalue weighted by atomic mass is 10.2. The highest BCUT2D eigenvalue weighted by Crippen LogP contribution is 2.39. The van der Waals surface area contributed by atoms with Crippen LogP contribution in [0.25, 0.3) is 0 Å². The Bertz CT molecular complexity index is 451. The van der Waals surface area contributed by atoms with Gasteiger partial charge in [-0.3, -0.25) is 4.79 Å². The fourth-order valence-electron chi connectivity index (χ4n) is 1.59. The van der Waals surface area contributed by atoms with Crippen LogP contribution in [-0.4, -0.2) is 25.8 Å². The molecule has 0 atom stereocenters. The molecule has 98 valence electrons. The molecule has 2 N–H and O–H groups in total. The van der Waals surface area contributed by atoms with Crippen LogP contribution in [0.1, 0.15) is 13.3 Å². The van der Waals surface area contributed by atoms with Gasteiger partial charge in [-0.15, -0.1) is 0 Å². The molecule has 1 aromatic carbocycles. The van der Waals surface area contributed by atoms with Crippen LogP contribution in [-0.2, 0) is 4.79 Å². The largest absolute Gasteiger partial charge is 0.454 e. The number of carbonyl (C=O) groups is 1. The minimum Gasteiger partial charge on any atom is -0.454 e. The molecule has 18 heavy (non-hydrogen) atoms. The van der Waals surface area contributed by atoms with Gasteiger partial charge in [0.25, 0.3) is 0 Å². The fourth-order valence-corrected chi connectivity index (χ4v) is 1.79. The van der Waals surface area contributed by atoms with Crippen LogP contribution in [0.5, 0.6) is 11.5 Å². The molecular weight excluding hydrogens is 256 g/mol. The van der Waals surface area contributed by atoms with E-state index in [9.17, 15) is 4.79 Å². The Labute approximate surface area is 110 Å². The number of anilines is 1. The van der Waals surface area contributed by atoms with Gasteiger partial charge in [-0.05, 0) is 13.0 Å². The molecule has 0 saturated heterocycles. The van der Waals surface area contributed by atoms with E-state index in [-0.39, 0.29) is 19.2 Å². The van der Waals surface area contributed by atoms with E-state index in [1.54, 1.807) is 12.1 Å². The first kappa shape index (κ1) is 13.0. The number of benzene rings is 1. The van der Waals surface area contributed by atoms with Crippen molar-refractivity contribution >= 4 is 23.2 Å². The zero-order valence-corrected chi connectivity index (χ0v) is 10.8. The Morgan fingerprint density at radius 2 is 2.11 bits per heavy atom. The lowest BCUT2D eigenvalue weighted by Crippen LogP contribution is -2.28. The smallest absolute Gasteiger partial charge is 0.238 e. The third-order valence-corrected chi connectivity index (χ3v) is 2.76. The zero-order valence-electron chi connectivity index (χ0n) is 10.1. The molecule has 0 aliphatic carbocycles. The number of carbonyl (C=O) groups excluding carboxylic acids is 1. The monoisotopic (exact) mass is 270 g/mol. The minimum absolute atomic E-state index is 0.135. The van der Waals surface area contributed by atoms with Gasteiger partial charge in [0.05, 0.1) is 17.3 Å². The van der Waals surface area contributed by atoms with Crippen LogP contribution in [0.3, 0.4) is 0 Å².